The first kappa shape index (κ1) is 11.2. The molecule has 1 amide bonds. The van der Waals surface area contributed by atoms with Crippen molar-refractivity contribution in [1.29, 1.82) is 0 Å². The number of hydrogen-bond donors (Lipinski definition) is 2. The predicted octanol–water partition coefficient (Wildman–Crippen LogP) is 1.18. The lowest BCUT2D eigenvalue weighted by molar-refractivity contribution is -0.121. The summed E-state index contributed by atoms with van der Waals surface area (Å²) in [5.41, 5.74) is 0.174. The van der Waals surface area contributed by atoms with Crippen LogP contribution in [0.5, 0.6) is 0 Å². The first-order chi connectivity index (χ1) is 6.47. The van der Waals surface area contributed by atoms with Gasteiger partial charge in [-0.2, -0.15) is 11.3 Å². The van der Waals surface area contributed by atoms with Crippen molar-refractivity contribution >= 4 is 17.2 Å². The first-order valence-corrected chi connectivity index (χ1v) is 5.42. The van der Waals surface area contributed by atoms with Gasteiger partial charge in [-0.3, -0.25) is 4.79 Å². The van der Waals surface area contributed by atoms with Crippen molar-refractivity contribution < 1.29 is 9.90 Å². The van der Waals surface area contributed by atoms with E-state index in [9.17, 15) is 9.90 Å². The van der Waals surface area contributed by atoms with Crippen molar-refractivity contribution in [2.24, 2.45) is 0 Å². The van der Waals surface area contributed by atoms with Crippen LogP contribution in [-0.4, -0.2) is 23.2 Å². The summed E-state index contributed by atoms with van der Waals surface area (Å²) in [4.78, 5) is 11.3. The summed E-state index contributed by atoms with van der Waals surface area (Å²) in [7, 11) is 0. The molecule has 0 saturated carbocycles. The Balaban J connectivity index is 2.30. The van der Waals surface area contributed by atoms with Crippen LogP contribution in [0.25, 0.3) is 0 Å². The Bertz CT molecular complexity index is 288. The van der Waals surface area contributed by atoms with Crippen LogP contribution < -0.4 is 5.32 Å². The molecule has 0 aliphatic carbocycles. The van der Waals surface area contributed by atoms with Crippen LogP contribution in [0.3, 0.4) is 0 Å². The maximum Gasteiger partial charge on any atom is 0.224 e. The molecule has 0 radical (unpaired) electrons. The van der Waals surface area contributed by atoms with Gasteiger partial charge in [0.1, 0.15) is 0 Å². The van der Waals surface area contributed by atoms with E-state index < -0.39 is 5.60 Å². The van der Waals surface area contributed by atoms with Crippen LogP contribution in [0.2, 0.25) is 0 Å². The number of nitrogens with one attached hydrogen (secondary N) is 1. The normalized spacial score (nSPS) is 11.4. The Hall–Kier alpha value is -0.870. The van der Waals surface area contributed by atoms with Gasteiger partial charge in [0.05, 0.1) is 12.0 Å². The van der Waals surface area contributed by atoms with Crippen LogP contribution in [0.1, 0.15) is 19.4 Å². The molecule has 0 aliphatic heterocycles. The molecule has 14 heavy (non-hydrogen) atoms. The molecule has 0 spiro atoms. The summed E-state index contributed by atoms with van der Waals surface area (Å²) in [5, 5.41) is 15.9. The van der Waals surface area contributed by atoms with Crippen LogP contribution >= 0.6 is 11.3 Å². The quantitative estimate of drug-likeness (QED) is 0.789. The third-order valence-corrected chi connectivity index (χ3v) is 2.39. The number of hydrogen-bond acceptors (Lipinski definition) is 3. The summed E-state index contributed by atoms with van der Waals surface area (Å²) in [6.45, 7) is 3.62. The zero-order valence-corrected chi connectivity index (χ0v) is 9.23. The minimum Gasteiger partial charge on any atom is -0.389 e. The number of carbonyl (C=O) groups excluding carboxylic acids is 1. The summed E-state index contributed by atoms with van der Waals surface area (Å²) >= 11 is 1.58. The summed E-state index contributed by atoms with van der Waals surface area (Å²) in [6, 6.07) is 1.92. The second kappa shape index (κ2) is 4.57. The van der Waals surface area contributed by atoms with Gasteiger partial charge in [0, 0.05) is 6.54 Å². The summed E-state index contributed by atoms with van der Waals surface area (Å²) < 4.78 is 0. The average Bonchev–Trinajstić information content (AvgIpc) is 2.52. The van der Waals surface area contributed by atoms with E-state index >= 15 is 0 Å². The van der Waals surface area contributed by atoms with Crippen molar-refractivity contribution in [1.82, 2.24) is 5.32 Å². The van der Waals surface area contributed by atoms with Crippen molar-refractivity contribution in [2.45, 2.75) is 25.9 Å². The molecular formula is C10H15NO2S. The van der Waals surface area contributed by atoms with Gasteiger partial charge in [0.2, 0.25) is 5.91 Å². The van der Waals surface area contributed by atoms with E-state index in [0.29, 0.717) is 6.42 Å². The highest BCUT2D eigenvalue weighted by Crippen LogP contribution is 2.06. The number of rotatable bonds is 4. The molecule has 0 fully saturated rings. The molecule has 1 rings (SSSR count). The van der Waals surface area contributed by atoms with Crippen molar-refractivity contribution in [2.75, 3.05) is 6.54 Å². The van der Waals surface area contributed by atoms with E-state index in [0.717, 1.165) is 5.56 Å². The molecule has 1 aromatic heterocycles. The maximum absolute atomic E-state index is 11.3. The fourth-order valence-corrected chi connectivity index (χ4v) is 1.62. The van der Waals surface area contributed by atoms with Gasteiger partial charge >= 0.3 is 0 Å². The molecule has 0 aliphatic rings. The summed E-state index contributed by atoms with van der Waals surface area (Å²) in [5.74, 6) is -0.0504. The molecule has 1 aromatic rings. The molecule has 4 heteroatoms. The van der Waals surface area contributed by atoms with Crippen LogP contribution in [-0.2, 0) is 11.2 Å². The largest absolute Gasteiger partial charge is 0.389 e. The van der Waals surface area contributed by atoms with E-state index in [2.05, 4.69) is 5.32 Å². The standard InChI is InChI=1S/C10H15NO2S/c1-10(2,13)7-11-9(12)5-8-3-4-14-6-8/h3-4,6,13H,5,7H2,1-2H3,(H,11,12). The highest BCUT2D eigenvalue weighted by molar-refractivity contribution is 7.07. The molecule has 0 saturated heterocycles. The van der Waals surface area contributed by atoms with Crippen LogP contribution in [0.4, 0.5) is 0 Å². The van der Waals surface area contributed by atoms with E-state index in [1.165, 1.54) is 0 Å². The van der Waals surface area contributed by atoms with Crippen LogP contribution in [0.15, 0.2) is 16.8 Å². The minimum absolute atomic E-state index is 0.0504. The summed E-state index contributed by atoms with van der Waals surface area (Å²) in [6.07, 6.45) is 0.388. The van der Waals surface area contributed by atoms with Gasteiger partial charge in [-0.05, 0) is 36.2 Å². The molecule has 78 valence electrons. The Kier molecular flexibility index (Phi) is 3.66. The topological polar surface area (TPSA) is 49.3 Å². The fourth-order valence-electron chi connectivity index (χ4n) is 0.956. The lowest BCUT2D eigenvalue weighted by atomic mass is 10.1. The number of aliphatic hydroxyl groups is 1. The second-order valence-corrected chi connectivity index (χ2v) is 4.68. The molecule has 0 aromatic carbocycles. The Morgan fingerprint density at radius 1 is 1.64 bits per heavy atom. The SMILES string of the molecule is CC(C)(O)CNC(=O)Cc1ccsc1. The Morgan fingerprint density at radius 3 is 2.86 bits per heavy atom. The molecular weight excluding hydrogens is 198 g/mol. The van der Waals surface area contributed by atoms with E-state index in [1.807, 2.05) is 16.8 Å². The zero-order chi connectivity index (χ0) is 10.6. The molecule has 0 bridgehead atoms. The molecule has 0 unspecified atom stereocenters. The molecule has 3 nitrogen and oxygen atoms in total. The zero-order valence-electron chi connectivity index (χ0n) is 8.41. The molecule has 0 atom stereocenters. The van der Waals surface area contributed by atoms with Gasteiger partial charge < -0.3 is 10.4 Å². The lowest BCUT2D eigenvalue weighted by Gasteiger charge is -2.17. The fraction of sp³-hybridized carbons (Fsp3) is 0.500. The smallest absolute Gasteiger partial charge is 0.224 e. The highest BCUT2D eigenvalue weighted by atomic mass is 32.1. The van der Waals surface area contributed by atoms with Crippen molar-refractivity contribution in [3.05, 3.63) is 22.4 Å². The third kappa shape index (κ3) is 4.39. The minimum atomic E-state index is -0.843. The molecule has 2 N–H and O–H groups in total. The maximum atomic E-state index is 11.3. The van der Waals surface area contributed by atoms with E-state index in [1.54, 1.807) is 25.2 Å². The van der Waals surface area contributed by atoms with E-state index in [4.69, 9.17) is 0 Å². The van der Waals surface area contributed by atoms with E-state index in [-0.39, 0.29) is 12.5 Å². The molecule has 1 heterocycles. The van der Waals surface area contributed by atoms with Gasteiger partial charge in [0.25, 0.3) is 0 Å². The average molecular weight is 213 g/mol. The second-order valence-electron chi connectivity index (χ2n) is 3.90. The van der Waals surface area contributed by atoms with Gasteiger partial charge in [-0.15, -0.1) is 0 Å². The highest BCUT2D eigenvalue weighted by Gasteiger charge is 2.13. The van der Waals surface area contributed by atoms with Gasteiger partial charge in [-0.1, -0.05) is 0 Å². The third-order valence-electron chi connectivity index (χ3n) is 1.66. The van der Waals surface area contributed by atoms with Gasteiger partial charge in [-0.25, -0.2) is 0 Å². The first-order valence-electron chi connectivity index (χ1n) is 4.47. The van der Waals surface area contributed by atoms with Crippen molar-refractivity contribution in [3.63, 3.8) is 0 Å². The van der Waals surface area contributed by atoms with Crippen molar-refractivity contribution in [3.8, 4) is 0 Å². The predicted molar refractivity (Wildman–Crippen MR) is 57.3 cm³/mol. The number of amides is 1. The Morgan fingerprint density at radius 2 is 2.36 bits per heavy atom. The number of carbonyl (C=O) groups is 1. The Labute approximate surface area is 87.8 Å². The van der Waals surface area contributed by atoms with Gasteiger partial charge in [0.15, 0.2) is 0 Å². The monoisotopic (exact) mass is 213 g/mol. The van der Waals surface area contributed by atoms with Crippen LogP contribution in [0, 0.1) is 0 Å². The number of thiophene rings is 1. The lowest BCUT2D eigenvalue weighted by Crippen LogP contribution is -2.38.